The number of hydrogen-bond donors (Lipinski definition) is 2. The molecule has 0 aromatic heterocycles. The summed E-state index contributed by atoms with van der Waals surface area (Å²) >= 11 is 0. The molecule has 0 fully saturated rings. The summed E-state index contributed by atoms with van der Waals surface area (Å²) in [5.41, 5.74) is 2.09. The van der Waals surface area contributed by atoms with Crippen molar-refractivity contribution in [1.82, 2.24) is 10.3 Å². The molecule has 0 bridgehead atoms. The minimum Gasteiger partial charge on any atom is -0.492 e. The molecule has 5 nitrogen and oxygen atoms in total. The summed E-state index contributed by atoms with van der Waals surface area (Å²) in [6, 6.07) is 3.23. The highest BCUT2D eigenvalue weighted by atomic mass is 19.3. The summed E-state index contributed by atoms with van der Waals surface area (Å²) in [6.07, 6.45) is 0. The SMILES string of the molecule is NNC(=O)C(F)(F)N1CCOc2ccccc2C1. The van der Waals surface area contributed by atoms with E-state index >= 15 is 0 Å². The Bertz CT molecular complexity index is 454. The first-order valence-electron chi connectivity index (χ1n) is 5.40. The van der Waals surface area contributed by atoms with Crippen LogP contribution in [0.15, 0.2) is 24.3 Å². The number of amides is 1. The lowest BCUT2D eigenvalue weighted by Gasteiger charge is -2.27. The Kier molecular flexibility index (Phi) is 3.44. The normalized spacial score (nSPS) is 16.4. The average molecular weight is 257 g/mol. The van der Waals surface area contributed by atoms with Crippen molar-refractivity contribution in [3.05, 3.63) is 29.8 Å². The lowest BCUT2D eigenvalue weighted by atomic mass is 10.2. The van der Waals surface area contributed by atoms with Crippen molar-refractivity contribution in [1.29, 1.82) is 0 Å². The Hall–Kier alpha value is -1.73. The molecule has 0 aliphatic carbocycles. The van der Waals surface area contributed by atoms with Gasteiger partial charge in [-0.3, -0.25) is 10.2 Å². The standard InChI is InChI=1S/C11H13F2N3O2/c12-11(13,10(17)15-14)16-5-6-18-9-4-2-1-3-8(9)7-16/h1-4H,5-7,14H2,(H,15,17). The zero-order chi connectivity index (χ0) is 13.2. The van der Waals surface area contributed by atoms with Crippen molar-refractivity contribution in [3.63, 3.8) is 0 Å². The molecule has 1 amide bonds. The van der Waals surface area contributed by atoms with Gasteiger partial charge in [-0.25, -0.2) is 10.7 Å². The van der Waals surface area contributed by atoms with E-state index < -0.39 is 12.0 Å². The third-order valence-electron chi connectivity index (χ3n) is 2.75. The molecule has 18 heavy (non-hydrogen) atoms. The van der Waals surface area contributed by atoms with Gasteiger partial charge < -0.3 is 4.74 Å². The molecule has 3 N–H and O–H groups in total. The van der Waals surface area contributed by atoms with Crippen molar-refractivity contribution in [2.24, 2.45) is 5.84 Å². The van der Waals surface area contributed by atoms with Crippen molar-refractivity contribution in [2.45, 2.75) is 12.6 Å². The van der Waals surface area contributed by atoms with Gasteiger partial charge in [0.05, 0.1) is 0 Å². The predicted octanol–water partition coefficient (Wildman–Crippen LogP) is 0.464. The second-order valence-corrected chi connectivity index (χ2v) is 3.89. The van der Waals surface area contributed by atoms with Crippen LogP contribution in [0.25, 0.3) is 0 Å². The molecule has 0 atom stereocenters. The Morgan fingerprint density at radius 1 is 1.44 bits per heavy atom. The Morgan fingerprint density at radius 3 is 2.89 bits per heavy atom. The summed E-state index contributed by atoms with van der Waals surface area (Å²) in [5.74, 6) is 3.79. The second-order valence-electron chi connectivity index (χ2n) is 3.89. The Morgan fingerprint density at radius 2 is 2.17 bits per heavy atom. The number of hydrazine groups is 1. The van der Waals surface area contributed by atoms with E-state index in [0.29, 0.717) is 11.3 Å². The largest absolute Gasteiger partial charge is 0.492 e. The number of fused-ring (bicyclic) bond motifs is 1. The molecule has 1 heterocycles. The summed E-state index contributed by atoms with van der Waals surface area (Å²) in [5, 5.41) is 0. The molecule has 0 spiro atoms. The zero-order valence-electron chi connectivity index (χ0n) is 9.53. The third-order valence-corrected chi connectivity index (χ3v) is 2.75. The van der Waals surface area contributed by atoms with Gasteiger partial charge in [0.1, 0.15) is 12.4 Å². The molecule has 7 heteroatoms. The number of para-hydroxylation sites is 1. The van der Waals surface area contributed by atoms with E-state index in [-0.39, 0.29) is 19.7 Å². The number of nitrogens with zero attached hydrogens (tertiary/aromatic N) is 1. The fraction of sp³-hybridized carbons (Fsp3) is 0.364. The highest BCUT2D eigenvalue weighted by Gasteiger charge is 2.45. The number of carbonyl (C=O) groups is 1. The maximum Gasteiger partial charge on any atom is 0.385 e. The van der Waals surface area contributed by atoms with Gasteiger partial charge >= 0.3 is 12.0 Å². The van der Waals surface area contributed by atoms with Crippen LogP contribution < -0.4 is 16.0 Å². The highest BCUT2D eigenvalue weighted by molar-refractivity contribution is 5.82. The van der Waals surface area contributed by atoms with Crippen LogP contribution in [0.4, 0.5) is 8.78 Å². The third kappa shape index (κ3) is 2.27. The topological polar surface area (TPSA) is 67.6 Å². The Labute approximate surface area is 102 Å². The van der Waals surface area contributed by atoms with Gasteiger partial charge in [-0.05, 0) is 6.07 Å². The van der Waals surface area contributed by atoms with Crippen LogP contribution in [0, 0.1) is 0 Å². The summed E-state index contributed by atoms with van der Waals surface area (Å²) in [7, 11) is 0. The van der Waals surface area contributed by atoms with E-state index in [1.165, 1.54) is 5.43 Å². The summed E-state index contributed by atoms with van der Waals surface area (Å²) in [6.45, 7) is -0.0455. The quantitative estimate of drug-likeness (QED) is 0.350. The van der Waals surface area contributed by atoms with Crippen LogP contribution in [-0.2, 0) is 11.3 Å². The summed E-state index contributed by atoms with van der Waals surface area (Å²) < 4.78 is 32.9. The molecular weight excluding hydrogens is 244 g/mol. The van der Waals surface area contributed by atoms with Gasteiger partial charge in [0.15, 0.2) is 0 Å². The molecule has 1 aliphatic heterocycles. The van der Waals surface area contributed by atoms with Crippen LogP contribution >= 0.6 is 0 Å². The molecule has 0 saturated carbocycles. The van der Waals surface area contributed by atoms with Crippen molar-refractivity contribution in [2.75, 3.05) is 13.2 Å². The lowest BCUT2D eigenvalue weighted by molar-refractivity contribution is -0.180. The molecular formula is C11H13F2N3O2. The average Bonchev–Trinajstić information content (AvgIpc) is 2.60. The minimum atomic E-state index is -3.66. The number of ether oxygens (including phenoxy) is 1. The van der Waals surface area contributed by atoms with Gasteiger partial charge in [-0.1, -0.05) is 18.2 Å². The van der Waals surface area contributed by atoms with Crippen LogP contribution in [0.3, 0.4) is 0 Å². The molecule has 1 aliphatic rings. The van der Waals surface area contributed by atoms with Gasteiger partial charge in [0.25, 0.3) is 0 Å². The van der Waals surface area contributed by atoms with Gasteiger partial charge in [0.2, 0.25) is 0 Å². The fourth-order valence-corrected chi connectivity index (χ4v) is 1.80. The smallest absolute Gasteiger partial charge is 0.385 e. The number of hydrogen-bond acceptors (Lipinski definition) is 4. The molecule has 0 radical (unpaired) electrons. The second kappa shape index (κ2) is 4.87. The van der Waals surface area contributed by atoms with E-state index in [1.54, 1.807) is 24.3 Å². The highest BCUT2D eigenvalue weighted by Crippen LogP contribution is 2.28. The van der Waals surface area contributed by atoms with Gasteiger partial charge in [0, 0.05) is 18.7 Å². The molecule has 1 aromatic rings. The molecule has 2 rings (SSSR count). The van der Waals surface area contributed by atoms with Crippen molar-refractivity contribution >= 4 is 5.91 Å². The Balaban J connectivity index is 2.25. The first kappa shape index (κ1) is 12.7. The van der Waals surface area contributed by atoms with Crippen LogP contribution in [0.2, 0.25) is 0 Å². The van der Waals surface area contributed by atoms with E-state index in [9.17, 15) is 13.6 Å². The zero-order valence-corrected chi connectivity index (χ0v) is 9.53. The number of carbonyl (C=O) groups excluding carboxylic acids is 1. The number of nitrogens with one attached hydrogen (secondary N) is 1. The molecule has 1 aromatic carbocycles. The van der Waals surface area contributed by atoms with Crippen LogP contribution in [0.5, 0.6) is 5.75 Å². The number of alkyl halides is 2. The predicted molar refractivity (Wildman–Crippen MR) is 59.6 cm³/mol. The fourth-order valence-electron chi connectivity index (χ4n) is 1.80. The first-order valence-corrected chi connectivity index (χ1v) is 5.40. The minimum absolute atomic E-state index is 0.0604. The van der Waals surface area contributed by atoms with Gasteiger partial charge in [-0.2, -0.15) is 8.78 Å². The number of rotatable bonds is 2. The maximum atomic E-state index is 13.8. The van der Waals surface area contributed by atoms with Gasteiger partial charge in [-0.15, -0.1) is 0 Å². The van der Waals surface area contributed by atoms with E-state index in [2.05, 4.69) is 0 Å². The first-order chi connectivity index (χ1) is 8.55. The molecule has 0 unspecified atom stereocenters. The van der Waals surface area contributed by atoms with Crippen LogP contribution in [0.1, 0.15) is 5.56 Å². The monoisotopic (exact) mass is 257 g/mol. The van der Waals surface area contributed by atoms with Crippen molar-refractivity contribution in [3.8, 4) is 5.75 Å². The lowest BCUT2D eigenvalue weighted by Crippen LogP contribution is -2.54. The molecule has 0 saturated heterocycles. The number of benzene rings is 1. The van der Waals surface area contributed by atoms with E-state index in [1.807, 2.05) is 0 Å². The molecule has 98 valence electrons. The summed E-state index contributed by atoms with van der Waals surface area (Å²) in [4.78, 5) is 11.8. The van der Waals surface area contributed by atoms with Crippen molar-refractivity contribution < 1.29 is 18.3 Å². The van der Waals surface area contributed by atoms with Crippen LogP contribution in [-0.4, -0.2) is 30.0 Å². The number of nitrogens with two attached hydrogens (primary N) is 1. The number of halogens is 2. The van der Waals surface area contributed by atoms with E-state index in [4.69, 9.17) is 10.6 Å². The van der Waals surface area contributed by atoms with E-state index in [0.717, 1.165) is 4.90 Å². The maximum absolute atomic E-state index is 13.8.